The molecule has 0 aromatic rings. The van der Waals surface area contributed by atoms with Gasteiger partial charge in [-0.05, 0) is 26.7 Å². The molecule has 0 unspecified atom stereocenters. The van der Waals surface area contributed by atoms with Gasteiger partial charge in [0, 0.05) is 13.1 Å². The molecule has 0 amide bonds. The quantitative estimate of drug-likeness (QED) is 0.350. The van der Waals surface area contributed by atoms with Gasteiger partial charge in [-0.15, -0.1) is 24.0 Å². The number of rotatable bonds is 4. The molecule has 0 radical (unpaired) electrons. The molecule has 1 rings (SSSR count). The average molecular weight is 383 g/mol. The van der Waals surface area contributed by atoms with Crippen molar-refractivity contribution < 1.29 is 9.53 Å². The second-order valence-corrected chi connectivity index (χ2v) is 4.93. The maximum absolute atomic E-state index is 11.3. The molecule has 112 valence electrons. The number of nitrogens with zero attached hydrogens (tertiary/aromatic N) is 2. The molecule has 0 aromatic carbocycles. The Labute approximate surface area is 133 Å². The van der Waals surface area contributed by atoms with Crippen molar-refractivity contribution in [1.82, 2.24) is 4.90 Å². The van der Waals surface area contributed by atoms with E-state index < -0.39 is 0 Å². The molecular formula is C13H26IN3O2. The van der Waals surface area contributed by atoms with E-state index in [2.05, 4.69) is 9.89 Å². The summed E-state index contributed by atoms with van der Waals surface area (Å²) in [6.45, 7) is 6.05. The molecule has 2 N–H and O–H groups in total. The Morgan fingerprint density at radius 2 is 1.84 bits per heavy atom. The Morgan fingerprint density at radius 1 is 1.26 bits per heavy atom. The SMILES string of the molecule is CC(C)OC(=O)CCN=C(N)N1CCCCCC1.I. The van der Waals surface area contributed by atoms with Crippen LogP contribution in [-0.4, -0.2) is 42.6 Å². The van der Waals surface area contributed by atoms with E-state index in [-0.39, 0.29) is 36.0 Å². The molecule has 1 heterocycles. The summed E-state index contributed by atoms with van der Waals surface area (Å²) < 4.78 is 5.03. The molecule has 1 aliphatic rings. The second kappa shape index (κ2) is 10.3. The van der Waals surface area contributed by atoms with Gasteiger partial charge in [-0.1, -0.05) is 12.8 Å². The van der Waals surface area contributed by atoms with Crippen molar-refractivity contribution in [3.05, 3.63) is 0 Å². The number of hydrogen-bond donors (Lipinski definition) is 1. The minimum Gasteiger partial charge on any atom is -0.463 e. The van der Waals surface area contributed by atoms with E-state index in [4.69, 9.17) is 10.5 Å². The van der Waals surface area contributed by atoms with Crippen LogP contribution in [0.15, 0.2) is 4.99 Å². The minimum absolute atomic E-state index is 0. The van der Waals surface area contributed by atoms with Crippen molar-refractivity contribution in [1.29, 1.82) is 0 Å². The third kappa shape index (κ3) is 8.28. The van der Waals surface area contributed by atoms with E-state index in [1.54, 1.807) is 0 Å². The van der Waals surface area contributed by atoms with Crippen LogP contribution in [0, 0.1) is 0 Å². The highest BCUT2D eigenvalue weighted by atomic mass is 127. The molecule has 0 atom stereocenters. The molecule has 0 aromatic heterocycles. The van der Waals surface area contributed by atoms with E-state index in [0.717, 1.165) is 13.1 Å². The molecule has 1 saturated heterocycles. The standard InChI is InChI=1S/C13H25N3O2.HI/c1-11(2)18-12(17)7-8-15-13(14)16-9-5-3-4-6-10-16;/h11H,3-10H2,1-2H3,(H2,14,15);1H. The predicted molar refractivity (Wildman–Crippen MR) is 87.8 cm³/mol. The maximum Gasteiger partial charge on any atom is 0.307 e. The highest BCUT2D eigenvalue weighted by Gasteiger charge is 2.11. The topological polar surface area (TPSA) is 67.9 Å². The van der Waals surface area contributed by atoms with E-state index >= 15 is 0 Å². The molecule has 1 aliphatic heterocycles. The Hall–Kier alpha value is -0.530. The summed E-state index contributed by atoms with van der Waals surface area (Å²) in [5, 5.41) is 0. The summed E-state index contributed by atoms with van der Waals surface area (Å²) in [5.41, 5.74) is 5.93. The van der Waals surface area contributed by atoms with Gasteiger partial charge in [0.15, 0.2) is 5.96 Å². The summed E-state index contributed by atoms with van der Waals surface area (Å²) in [4.78, 5) is 17.7. The number of ether oxygens (including phenoxy) is 1. The summed E-state index contributed by atoms with van der Waals surface area (Å²) in [7, 11) is 0. The Bertz CT molecular complexity index is 288. The van der Waals surface area contributed by atoms with Crippen LogP contribution in [0.5, 0.6) is 0 Å². The van der Waals surface area contributed by atoms with Crippen molar-refractivity contribution in [2.45, 2.75) is 52.1 Å². The van der Waals surface area contributed by atoms with Crippen LogP contribution in [0.1, 0.15) is 46.0 Å². The van der Waals surface area contributed by atoms with Crippen LogP contribution in [0.4, 0.5) is 0 Å². The van der Waals surface area contributed by atoms with Gasteiger partial charge in [0.05, 0.1) is 19.1 Å². The van der Waals surface area contributed by atoms with Gasteiger partial charge < -0.3 is 15.4 Å². The lowest BCUT2D eigenvalue weighted by Crippen LogP contribution is -2.38. The van der Waals surface area contributed by atoms with E-state index in [1.807, 2.05) is 13.8 Å². The second-order valence-electron chi connectivity index (χ2n) is 4.93. The van der Waals surface area contributed by atoms with Crippen LogP contribution in [0.25, 0.3) is 0 Å². The third-order valence-corrected chi connectivity index (χ3v) is 2.89. The lowest BCUT2D eigenvalue weighted by Gasteiger charge is -2.21. The lowest BCUT2D eigenvalue weighted by atomic mass is 10.2. The van der Waals surface area contributed by atoms with E-state index in [0.29, 0.717) is 18.9 Å². The highest BCUT2D eigenvalue weighted by Crippen LogP contribution is 2.09. The lowest BCUT2D eigenvalue weighted by molar-refractivity contribution is -0.147. The minimum atomic E-state index is -0.211. The molecule has 19 heavy (non-hydrogen) atoms. The normalized spacial score (nSPS) is 16.8. The van der Waals surface area contributed by atoms with Gasteiger partial charge in [0.2, 0.25) is 0 Å². The van der Waals surface area contributed by atoms with Gasteiger partial charge in [-0.2, -0.15) is 0 Å². The summed E-state index contributed by atoms with van der Waals surface area (Å²) >= 11 is 0. The molecule has 1 fully saturated rings. The number of likely N-dealkylation sites (tertiary alicyclic amines) is 1. The third-order valence-electron chi connectivity index (χ3n) is 2.89. The highest BCUT2D eigenvalue weighted by molar-refractivity contribution is 14.0. The van der Waals surface area contributed by atoms with Crippen LogP contribution in [0.2, 0.25) is 0 Å². The Balaban J connectivity index is 0.00000324. The number of hydrogen-bond acceptors (Lipinski definition) is 3. The summed E-state index contributed by atoms with van der Waals surface area (Å²) in [6.07, 6.45) is 5.11. The number of carbonyl (C=O) groups excluding carboxylic acids is 1. The fourth-order valence-corrected chi connectivity index (χ4v) is 1.98. The van der Waals surface area contributed by atoms with Crippen LogP contribution < -0.4 is 5.73 Å². The van der Waals surface area contributed by atoms with Crippen molar-refractivity contribution in [3.8, 4) is 0 Å². The number of aliphatic imine (C=N–C) groups is 1. The number of halogens is 1. The predicted octanol–water partition coefficient (Wildman–Crippen LogP) is 2.14. The zero-order valence-corrected chi connectivity index (χ0v) is 14.3. The van der Waals surface area contributed by atoms with Gasteiger partial charge in [-0.3, -0.25) is 9.79 Å². The molecule has 0 saturated carbocycles. The Morgan fingerprint density at radius 3 is 2.37 bits per heavy atom. The van der Waals surface area contributed by atoms with Crippen molar-refractivity contribution >= 4 is 35.9 Å². The fraction of sp³-hybridized carbons (Fsp3) is 0.846. The zero-order chi connectivity index (χ0) is 13.4. The van der Waals surface area contributed by atoms with Gasteiger partial charge in [-0.25, -0.2) is 0 Å². The number of esters is 1. The molecule has 0 bridgehead atoms. The number of nitrogens with two attached hydrogens (primary N) is 1. The van der Waals surface area contributed by atoms with Crippen molar-refractivity contribution in [2.24, 2.45) is 10.7 Å². The monoisotopic (exact) mass is 383 g/mol. The maximum atomic E-state index is 11.3. The van der Waals surface area contributed by atoms with Gasteiger partial charge >= 0.3 is 5.97 Å². The first kappa shape index (κ1) is 18.5. The summed E-state index contributed by atoms with van der Waals surface area (Å²) in [5.74, 6) is 0.353. The molecule has 5 nitrogen and oxygen atoms in total. The first-order chi connectivity index (χ1) is 8.59. The van der Waals surface area contributed by atoms with Crippen LogP contribution in [-0.2, 0) is 9.53 Å². The largest absolute Gasteiger partial charge is 0.463 e. The first-order valence-electron chi connectivity index (χ1n) is 6.84. The van der Waals surface area contributed by atoms with Gasteiger partial charge in [0.1, 0.15) is 0 Å². The molecule has 6 heteroatoms. The Kier molecular flexibility index (Phi) is 9.99. The van der Waals surface area contributed by atoms with E-state index in [9.17, 15) is 4.79 Å². The number of guanidine groups is 1. The van der Waals surface area contributed by atoms with Crippen molar-refractivity contribution in [2.75, 3.05) is 19.6 Å². The van der Waals surface area contributed by atoms with Crippen molar-refractivity contribution in [3.63, 3.8) is 0 Å². The van der Waals surface area contributed by atoms with Gasteiger partial charge in [0.25, 0.3) is 0 Å². The zero-order valence-electron chi connectivity index (χ0n) is 11.9. The average Bonchev–Trinajstić information content (AvgIpc) is 2.56. The van der Waals surface area contributed by atoms with E-state index in [1.165, 1.54) is 25.7 Å². The fourth-order valence-electron chi connectivity index (χ4n) is 1.98. The first-order valence-corrected chi connectivity index (χ1v) is 6.84. The molecule has 0 aliphatic carbocycles. The molecular weight excluding hydrogens is 357 g/mol. The number of carbonyl (C=O) groups is 1. The smallest absolute Gasteiger partial charge is 0.307 e. The summed E-state index contributed by atoms with van der Waals surface area (Å²) in [6, 6.07) is 0. The molecule has 0 spiro atoms. The van der Waals surface area contributed by atoms with Crippen LogP contribution in [0.3, 0.4) is 0 Å². The van der Waals surface area contributed by atoms with Crippen LogP contribution >= 0.6 is 24.0 Å².